The zero-order valence-electron chi connectivity index (χ0n) is 15.8. The van der Waals surface area contributed by atoms with Crippen molar-refractivity contribution in [3.8, 4) is 5.75 Å². The fraction of sp³-hybridized carbons (Fsp3) is 0.333. The molecule has 2 aromatic carbocycles. The number of hydroxylamine groups is 1. The van der Waals surface area contributed by atoms with Gasteiger partial charge in [-0.3, -0.25) is 19.3 Å². The molecule has 0 unspecified atom stereocenters. The van der Waals surface area contributed by atoms with Crippen LogP contribution in [0.4, 0.5) is 5.69 Å². The van der Waals surface area contributed by atoms with Crippen molar-refractivity contribution in [2.75, 3.05) is 12.2 Å². The maximum atomic E-state index is 13.1. The van der Waals surface area contributed by atoms with Crippen molar-refractivity contribution in [3.05, 3.63) is 59.1 Å². The topological polar surface area (TPSA) is 59.1 Å². The summed E-state index contributed by atoms with van der Waals surface area (Å²) in [4.78, 5) is 33.3. The van der Waals surface area contributed by atoms with E-state index in [0.29, 0.717) is 5.02 Å². The van der Waals surface area contributed by atoms with Crippen molar-refractivity contribution in [1.29, 1.82) is 0 Å². The smallest absolute Gasteiger partial charge is 0.262 e. The van der Waals surface area contributed by atoms with Crippen molar-refractivity contribution in [3.63, 3.8) is 0 Å². The van der Waals surface area contributed by atoms with E-state index in [1.165, 1.54) is 4.90 Å². The third-order valence-electron chi connectivity index (χ3n) is 5.20. The maximum absolute atomic E-state index is 13.1. The molecule has 7 heteroatoms. The quantitative estimate of drug-likeness (QED) is 0.734. The average molecular weight is 401 g/mol. The fourth-order valence-corrected chi connectivity index (χ4v) is 4.02. The Labute approximate surface area is 168 Å². The molecule has 2 aliphatic heterocycles. The van der Waals surface area contributed by atoms with E-state index in [4.69, 9.17) is 21.2 Å². The Morgan fingerprint density at radius 2 is 1.64 bits per heavy atom. The number of amides is 2. The summed E-state index contributed by atoms with van der Waals surface area (Å²) >= 11 is 6.01. The molecule has 0 aliphatic carbocycles. The molecule has 2 fully saturated rings. The number of hydrogen-bond acceptors (Lipinski definition) is 5. The van der Waals surface area contributed by atoms with Crippen LogP contribution in [-0.2, 0) is 14.4 Å². The third-order valence-corrected chi connectivity index (χ3v) is 5.46. The van der Waals surface area contributed by atoms with Gasteiger partial charge in [-0.2, -0.15) is 0 Å². The van der Waals surface area contributed by atoms with Crippen LogP contribution in [0.25, 0.3) is 0 Å². The summed E-state index contributed by atoms with van der Waals surface area (Å²) in [5.41, 5.74) is 1.60. The number of carbonyl (C=O) groups excluding carboxylic acids is 2. The standard InChI is InChI=1S/C21H21ClN2O4/c1-12(2)23-20(25)17-18(13-4-10-16(27-3)11-5-13)24(28-19(17)21(23)26)15-8-6-14(22)7-9-15/h4-12,17-19H,1-3H3/t17-,18+,19-/m1/s1. The van der Waals surface area contributed by atoms with Gasteiger partial charge in [-0.05, 0) is 55.8 Å². The van der Waals surface area contributed by atoms with E-state index in [2.05, 4.69) is 0 Å². The minimum Gasteiger partial charge on any atom is -0.497 e. The molecule has 4 rings (SSSR count). The Morgan fingerprint density at radius 3 is 2.21 bits per heavy atom. The van der Waals surface area contributed by atoms with Gasteiger partial charge >= 0.3 is 0 Å². The summed E-state index contributed by atoms with van der Waals surface area (Å²) in [5, 5.41) is 2.25. The number of likely N-dealkylation sites (tertiary alicyclic amines) is 1. The number of halogens is 1. The number of benzene rings is 2. The van der Waals surface area contributed by atoms with Crippen molar-refractivity contribution in [2.24, 2.45) is 5.92 Å². The Kier molecular flexibility index (Phi) is 4.77. The second kappa shape index (κ2) is 7.11. The van der Waals surface area contributed by atoms with Crippen LogP contribution < -0.4 is 9.80 Å². The molecule has 0 spiro atoms. The van der Waals surface area contributed by atoms with Gasteiger partial charge < -0.3 is 4.74 Å². The SMILES string of the molecule is COc1ccc([C@H]2[C@H]3C(=O)N(C(C)C)C(=O)[C@@H]3ON2c2ccc(Cl)cc2)cc1. The van der Waals surface area contributed by atoms with E-state index in [0.717, 1.165) is 17.0 Å². The first-order valence-electron chi connectivity index (χ1n) is 9.15. The summed E-state index contributed by atoms with van der Waals surface area (Å²) in [6.45, 7) is 3.66. The zero-order chi connectivity index (χ0) is 20.0. The number of fused-ring (bicyclic) bond motifs is 1. The summed E-state index contributed by atoms with van der Waals surface area (Å²) in [6.07, 6.45) is -0.835. The molecule has 2 heterocycles. The van der Waals surface area contributed by atoms with Gasteiger partial charge in [-0.1, -0.05) is 23.7 Å². The van der Waals surface area contributed by atoms with Gasteiger partial charge in [0.15, 0.2) is 6.10 Å². The van der Waals surface area contributed by atoms with E-state index in [-0.39, 0.29) is 17.9 Å². The number of anilines is 1. The molecule has 3 atom stereocenters. The number of rotatable bonds is 4. The molecule has 2 aromatic rings. The first-order valence-corrected chi connectivity index (χ1v) is 9.52. The Hall–Kier alpha value is -2.57. The van der Waals surface area contributed by atoms with Crippen molar-refractivity contribution < 1.29 is 19.2 Å². The molecule has 6 nitrogen and oxygen atoms in total. The number of methoxy groups -OCH3 is 1. The molecular formula is C21H21ClN2O4. The summed E-state index contributed by atoms with van der Waals surface area (Å²) in [7, 11) is 1.60. The molecule has 0 N–H and O–H groups in total. The second-order valence-corrected chi connectivity index (χ2v) is 7.65. The summed E-state index contributed by atoms with van der Waals surface area (Å²) < 4.78 is 5.24. The van der Waals surface area contributed by atoms with Crippen LogP contribution in [0.15, 0.2) is 48.5 Å². The fourth-order valence-electron chi connectivity index (χ4n) is 3.90. The van der Waals surface area contributed by atoms with Crippen LogP contribution in [0.2, 0.25) is 5.02 Å². The highest BCUT2D eigenvalue weighted by atomic mass is 35.5. The van der Waals surface area contributed by atoms with Gasteiger partial charge in [0, 0.05) is 11.1 Å². The largest absolute Gasteiger partial charge is 0.497 e. The lowest BCUT2D eigenvalue weighted by atomic mass is 9.90. The van der Waals surface area contributed by atoms with E-state index >= 15 is 0 Å². The van der Waals surface area contributed by atoms with Crippen LogP contribution in [0, 0.1) is 5.92 Å². The Morgan fingerprint density at radius 1 is 1.00 bits per heavy atom. The lowest BCUT2D eigenvalue weighted by molar-refractivity contribution is -0.145. The number of hydrogen-bond donors (Lipinski definition) is 0. The van der Waals surface area contributed by atoms with Gasteiger partial charge in [0.05, 0.1) is 18.8 Å². The van der Waals surface area contributed by atoms with E-state index < -0.39 is 18.1 Å². The van der Waals surface area contributed by atoms with Crippen molar-refractivity contribution in [2.45, 2.75) is 32.0 Å². The molecule has 0 saturated carbocycles. The highest BCUT2D eigenvalue weighted by Crippen LogP contribution is 2.47. The van der Waals surface area contributed by atoms with Crippen LogP contribution in [0.1, 0.15) is 25.5 Å². The van der Waals surface area contributed by atoms with E-state index in [1.54, 1.807) is 24.3 Å². The molecule has 2 aliphatic rings. The summed E-state index contributed by atoms with van der Waals surface area (Å²) in [5.74, 6) is -0.392. The van der Waals surface area contributed by atoms with Crippen LogP contribution in [-0.4, -0.2) is 36.0 Å². The molecule has 0 aromatic heterocycles. The average Bonchev–Trinajstić information content (AvgIpc) is 3.19. The molecule has 0 radical (unpaired) electrons. The lowest BCUT2D eigenvalue weighted by Gasteiger charge is -2.29. The molecule has 2 amide bonds. The highest BCUT2D eigenvalue weighted by molar-refractivity contribution is 6.30. The Balaban J connectivity index is 1.78. The minimum absolute atomic E-state index is 0.206. The number of ether oxygens (including phenoxy) is 1. The first-order chi connectivity index (χ1) is 13.4. The molecule has 2 saturated heterocycles. The highest BCUT2D eigenvalue weighted by Gasteiger charge is 2.60. The zero-order valence-corrected chi connectivity index (χ0v) is 16.6. The first kappa shape index (κ1) is 18.8. The van der Waals surface area contributed by atoms with Crippen LogP contribution >= 0.6 is 11.6 Å². The van der Waals surface area contributed by atoms with Gasteiger partial charge in [-0.15, -0.1) is 0 Å². The van der Waals surface area contributed by atoms with E-state index in [9.17, 15) is 9.59 Å². The van der Waals surface area contributed by atoms with Crippen molar-refractivity contribution >= 4 is 29.1 Å². The molecular weight excluding hydrogens is 380 g/mol. The number of carbonyl (C=O) groups is 2. The predicted molar refractivity (Wildman–Crippen MR) is 105 cm³/mol. The minimum atomic E-state index is -0.835. The normalized spacial score (nSPS) is 24.2. The molecule has 0 bridgehead atoms. The van der Waals surface area contributed by atoms with Crippen molar-refractivity contribution in [1.82, 2.24) is 4.90 Å². The van der Waals surface area contributed by atoms with Gasteiger partial charge in [0.2, 0.25) is 5.91 Å². The monoisotopic (exact) mass is 400 g/mol. The number of imide groups is 1. The van der Waals surface area contributed by atoms with Crippen LogP contribution in [0.5, 0.6) is 5.75 Å². The number of nitrogens with zero attached hydrogens (tertiary/aromatic N) is 2. The van der Waals surface area contributed by atoms with Crippen LogP contribution in [0.3, 0.4) is 0 Å². The molecule has 146 valence electrons. The Bertz CT molecular complexity index is 898. The predicted octanol–water partition coefficient (Wildman–Crippen LogP) is 3.60. The summed E-state index contributed by atoms with van der Waals surface area (Å²) in [6, 6.07) is 14.0. The van der Waals surface area contributed by atoms with Gasteiger partial charge in [-0.25, -0.2) is 5.06 Å². The second-order valence-electron chi connectivity index (χ2n) is 7.21. The van der Waals surface area contributed by atoms with E-state index in [1.807, 2.05) is 50.2 Å². The third kappa shape index (κ3) is 2.93. The van der Waals surface area contributed by atoms with Gasteiger partial charge in [0.25, 0.3) is 5.91 Å². The molecule has 28 heavy (non-hydrogen) atoms. The maximum Gasteiger partial charge on any atom is 0.262 e. The van der Waals surface area contributed by atoms with Gasteiger partial charge in [0.1, 0.15) is 11.7 Å². The lowest BCUT2D eigenvalue weighted by Crippen LogP contribution is -2.41.